The zero-order chi connectivity index (χ0) is 15.5. The summed E-state index contributed by atoms with van der Waals surface area (Å²) >= 11 is 3.45. The number of carbonyl (C=O) groups is 2. The van der Waals surface area contributed by atoms with Gasteiger partial charge < -0.3 is 10.4 Å². The van der Waals surface area contributed by atoms with Crippen LogP contribution in [0.25, 0.3) is 6.08 Å². The standard InChI is InChI=1S/C16H18BrNO3/c1-11-3-4-12(13(17)9-11)5-6-14(19)18-10-16(15(20)21)7-2-8-16/h3-6,9H,2,7-8,10H2,1H3,(H,18,19)(H,20,21)/b6-5+. The van der Waals surface area contributed by atoms with Gasteiger partial charge in [0.1, 0.15) is 0 Å². The van der Waals surface area contributed by atoms with Gasteiger partial charge in [-0.1, -0.05) is 34.5 Å². The monoisotopic (exact) mass is 351 g/mol. The highest BCUT2D eigenvalue weighted by molar-refractivity contribution is 9.10. The molecule has 1 aliphatic carbocycles. The number of rotatable bonds is 5. The maximum atomic E-state index is 11.8. The SMILES string of the molecule is Cc1ccc(/C=C/C(=O)NCC2(C(=O)O)CCC2)c(Br)c1. The minimum Gasteiger partial charge on any atom is -0.481 e. The van der Waals surface area contributed by atoms with E-state index >= 15 is 0 Å². The molecule has 1 fully saturated rings. The maximum Gasteiger partial charge on any atom is 0.311 e. The summed E-state index contributed by atoms with van der Waals surface area (Å²) in [5.41, 5.74) is 1.29. The van der Waals surface area contributed by atoms with Gasteiger partial charge in [-0.25, -0.2) is 0 Å². The van der Waals surface area contributed by atoms with E-state index in [0.717, 1.165) is 22.0 Å². The lowest BCUT2D eigenvalue weighted by molar-refractivity contribution is -0.154. The number of hydrogen-bond donors (Lipinski definition) is 2. The average molecular weight is 352 g/mol. The fourth-order valence-corrected chi connectivity index (χ4v) is 2.94. The first-order chi connectivity index (χ1) is 9.93. The smallest absolute Gasteiger partial charge is 0.311 e. The minimum atomic E-state index is -0.820. The molecule has 21 heavy (non-hydrogen) atoms. The zero-order valence-electron chi connectivity index (χ0n) is 11.9. The zero-order valence-corrected chi connectivity index (χ0v) is 13.4. The number of aliphatic carboxylic acids is 1. The minimum absolute atomic E-state index is 0.195. The van der Waals surface area contributed by atoms with Crippen LogP contribution in [-0.2, 0) is 9.59 Å². The van der Waals surface area contributed by atoms with E-state index in [1.807, 2.05) is 25.1 Å². The molecular formula is C16H18BrNO3. The third-order valence-corrected chi connectivity index (χ3v) is 4.62. The average Bonchev–Trinajstić information content (AvgIpc) is 2.36. The highest BCUT2D eigenvalue weighted by atomic mass is 79.9. The number of halogens is 1. The van der Waals surface area contributed by atoms with Gasteiger partial charge >= 0.3 is 5.97 Å². The first kappa shape index (κ1) is 15.8. The summed E-state index contributed by atoms with van der Waals surface area (Å²) in [7, 11) is 0. The molecule has 2 rings (SSSR count). The molecule has 0 saturated heterocycles. The van der Waals surface area contributed by atoms with Crippen LogP contribution >= 0.6 is 15.9 Å². The quantitative estimate of drug-likeness (QED) is 0.800. The van der Waals surface area contributed by atoms with Gasteiger partial charge in [0, 0.05) is 17.1 Å². The molecule has 1 amide bonds. The molecule has 0 aliphatic heterocycles. The van der Waals surface area contributed by atoms with Crippen LogP contribution < -0.4 is 5.32 Å². The van der Waals surface area contributed by atoms with E-state index in [9.17, 15) is 14.7 Å². The number of carboxylic acids is 1. The number of amides is 1. The van der Waals surface area contributed by atoms with Crippen LogP contribution in [0.15, 0.2) is 28.7 Å². The Morgan fingerprint density at radius 1 is 1.43 bits per heavy atom. The highest BCUT2D eigenvalue weighted by Gasteiger charge is 2.44. The molecule has 1 aromatic rings. The summed E-state index contributed by atoms with van der Waals surface area (Å²) in [6.45, 7) is 2.19. The summed E-state index contributed by atoms with van der Waals surface area (Å²) in [5.74, 6) is -1.09. The second kappa shape index (κ2) is 6.43. The number of hydrogen-bond acceptors (Lipinski definition) is 2. The molecule has 1 aliphatic rings. The van der Waals surface area contributed by atoms with Gasteiger partial charge in [-0.2, -0.15) is 0 Å². The first-order valence-corrected chi connectivity index (χ1v) is 7.68. The Morgan fingerprint density at radius 2 is 2.14 bits per heavy atom. The van der Waals surface area contributed by atoms with Crippen LogP contribution in [-0.4, -0.2) is 23.5 Å². The lowest BCUT2D eigenvalue weighted by atomic mass is 9.69. The molecule has 0 bridgehead atoms. The second-order valence-corrected chi connectivity index (χ2v) is 6.37. The first-order valence-electron chi connectivity index (χ1n) is 6.88. The Balaban J connectivity index is 1.92. The maximum absolute atomic E-state index is 11.8. The molecule has 4 nitrogen and oxygen atoms in total. The van der Waals surface area contributed by atoms with E-state index in [1.165, 1.54) is 6.08 Å². The number of carboxylic acid groups (broad SMARTS) is 1. The van der Waals surface area contributed by atoms with Crippen molar-refractivity contribution in [3.05, 3.63) is 39.9 Å². The number of carbonyl (C=O) groups excluding carboxylic acids is 1. The third kappa shape index (κ3) is 3.73. The summed E-state index contributed by atoms with van der Waals surface area (Å²) in [4.78, 5) is 23.0. The van der Waals surface area contributed by atoms with Crippen molar-refractivity contribution in [1.82, 2.24) is 5.32 Å². The summed E-state index contributed by atoms with van der Waals surface area (Å²) in [6, 6.07) is 5.87. The van der Waals surface area contributed by atoms with Gasteiger partial charge in [0.2, 0.25) is 5.91 Å². The Hall–Kier alpha value is -1.62. The Labute approximate surface area is 132 Å². The van der Waals surface area contributed by atoms with E-state index in [4.69, 9.17) is 0 Å². The Bertz CT molecular complexity index is 591. The van der Waals surface area contributed by atoms with Crippen molar-refractivity contribution in [2.24, 2.45) is 5.41 Å². The summed E-state index contributed by atoms with van der Waals surface area (Å²) in [6.07, 6.45) is 5.33. The fourth-order valence-electron chi connectivity index (χ4n) is 2.32. The van der Waals surface area contributed by atoms with Crippen molar-refractivity contribution < 1.29 is 14.7 Å². The van der Waals surface area contributed by atoms with Gasteiger partial charge in [-0.05, 0) is 43.0 Å². The molecule has 5 heteroatoms. The summed E-state index contributed by atoms with van der Waals surface area (Å²) in [5, 5.41) is 11.9. The Morgan fingerprint density at radius 3 is 2.67 bits per heavy atom. The number of nitrogens with one attached hydrogen (secondary N) is 1. The van der Waals surface area contributed by atoms with Crippen LogP contribution in [0, 0.1) is 12.3 Å². The topological polar surface area (TPSA) is 66.4 Å². The van der Waals surface area contributed by atoms with Crippen molar-refractivity contribution in [1.29, 1.82) is 0 Å². The lowest BCUT2D eigenvalue weighted by Gasteiger charge is -2.37. The van der Waals surface area contributed by atoms with E-state index in [1.54, 1.807) is 6.08 Å². The van der Waals surface area contributed by atoms with Crippen LogP contribution in [0.1, 0.15) is 30.4 Å². The van der Waals surface area contributed by atoms with Crippen molar-refractivity contribution >= 4 is 33.9 Å². The van der Waals surface area contributed by atoms with E-state index < -0.39 is 11.4 Å². The largest absolute Gasteiger partial charge is 0.481 e. The van der Waals surface area contributed by atoms with E-state index in [0.29, 0.717) is 12.8 Å². The lowest BCUT2D eigenvalue weighted by Crippen LogP contribution is -2.47. The molecule has 0 atom stereocenters. The van der Waals surface area contributed by atoms with E-state index in [-0.39, 0.29) is 12.5 Å². The molecular weight excluding hydrogens is 334 g/mol. The molecule has 0 unspecified atom stereocenters. The molecule has 2 N–H and O–H groups in total. The molecule has 0 heterocycles. The molecule has 0 spiro atoms. The summed E-state index contributed by atoms with van der Waals surface area (Å²) < 4.78 is 0.924. The van der Waals surface area contributed by atoms with Gasteiger partial charge in [0.25, 0.3) is 0 Å². The predicted octanol–water partition coefficient (Wildman–Crippen LogP) is 3.14. The predicted molar refractivity (Wildman–Crippen MR) is 84.8 cm³/mol. The van der Waals surface area contributed by atoms with Crippen molar-refractivity contribution in [2.45, 2.75) is 26.2 Å². The third-order valence-electron chi connectivity index (χ3n) is 3.94. The van der Waals surface area contributed by atoms with Crippen molar-refractivity contribution in [2.75, 3.05) is 6.54 Å². The molecule has 112 valence electrons. The van der Waals surface area contributed by atoms with Gasteiger partial charge in [-0.3, -0.25) is 9.59 Å². The van der Waals surface area contributed by atoms with E-state index in [2.05, 4.69) is 21.2 Å². The molecule has 0 aromatic heterocycles. The molecule has 1 saturated carbocycles. The van der Waals surface area contributed by atoms with Gasteiger partial charge in [0.05, 0.1) is 5.41 Å². The van der Waals surface area contributed by atoms with Gasteiger partial charge in [-0.15, -0.1) is 0 Å². The Kier molecular flexibility index (Phi) is 4.83. The van der Waals surface area contributed by atoms with Crippen LogP contribution in [0.2, 0.25) is 0 Å². The van der Waals surface area contributed by atoms with Crippen LogP contribution in [0.5, 0.6) is 0 Å². The van der Waals surface area contributed by atoms with Crippen LogP contribution in [0.4, 0.5) is 0 Å². The van der Waals surface area contributed by atoms with Crippen molar-refractivity contribution in [3.8, 4) is 0 Å². The number of benzene rings is 1. The highest BCUT2D eigenvalue weighted by Crippen LogP contribution is 2.40. The second-order valence-electron chi connectivity index (χ2n) is 5.52. The molecule has 0 radical (unpaired) electrons. The fraction of sp³-hybridized carbons (Fsp3) is 0.375. The normalized spacial score (nSPS) is 16.5. The van der Waals surface area contributed by atoms with Crippen LogP contribution in [0.3, 0.4) is 0 Å². The van der Waals surface area contributed by atoms with Crippen molar-refractivity contribution in [3.63, 3.8) is 0 Å². The molecule has 1 aromatic carbocycles. The number of aryl methyl sites for hydroxylation is 1. The van der Waals surface area contributed by atoms with Gasteiger partial charge in [0.15, 0.2) is 0 Å².